The molecule has 6 nitrogen and oxygen atoms in total. The fourth-order valence-electron chi connectivity index (χ4n) is 4.37. The summed E-state index contributed by atoms with van der Waals surface area (Å²) >= 11 is 5.34. The van der Waals surface area contributed by atoms with Crippen LogP contribution in [0.3, 0.4) is 0 Å². The number of para-hydroxylation sites is 1. The molecule has 0 atom stereocenters. The Balaban J connectivity index is 1.36. The van der Waals surface area contributed by atoms with Gasteiger partial charge in [0.25, 0.3) is 11.8 Å². The lowest BCUT2D eigenvalue weighted by molar-refractivity contribution is -0.122. The van der Waals surface area contributed by atoms with Gasteiger partial charge in [-0.3, -0.25) is 19.8 Å². The topological polar surface area (TPSA) is 67.9 Å². The molecule has 5 rings (SSSR count). The monoisotopic (exact) mass is 534 g/mol. The first-order valence-corrected chi connectivity index (χ1v) is 12.8. The van der Waals surface area contributed by atoms with Gasteiger partial charge in [-0.15, -0.1) is 0 Å². The molecule has 1 N–H and O–H groups in total. The number of hydrogen-bond acceptors (Lipinski definition) is 5. The summed E-state index contributed by atoms with van der Waals surface area (Å²) < 4.78 is 11.9. The smallest absolute Gasteiger partial charge is 0.270 e. The van der Waals surface area contributed by atoms with E-state index in [9.17, 15) is 9.59 Å². The second kappa shape index (κ2) is 11.3. The Morgan fingerprint density at radius 1 is 0.821 bits per heavy atom. The van der Waals surface area contributed by atoms with Crippen LogP contribution in [0.5, 0.6) is 17.2 Å². The fraction of sp³-hybridized carbons (Fsp3) is 0.0938. The maximum atomic E-state index is 13.5. The van der Waals surface area contributed by atoms with E-state index in [1.54, 1.807) is 30.3 Å². The number of amides is 2. The van der Waals surface area contributed by atoms with Gasteiger partial charge in [0, 0.05) is 0 Å². The molecule has 0 aliphatic carbocycles. The Morgan fingerprint density at radius 2 is 1.41 bits per heavy atom. The van der Waals surface area contributed by atoms with Crippen LogP contribution in [0, 0.1) is 13.8 Å². The Bertz CT molecular complexity index is 1540. The SMILES string of the molecule is Cc1cc(C=C2C(=O)NC(=S)N(c3ccc(Oc4ccccc4)cc3)C2=O)cc(C)c1OCc1ccccc1. The van der Waals surface area contributed by atoms with Gasteiger partial charge in [-0.1, -0.05) is 48.5 Å². The Morgan fingerprint density at radius 3 is 2.05 bits per heavy atom. The van der Waals surface area contributed by atoms with Crippen molar-refractivity contribution in [2.24, 2.45) is 0 Å². The van der Waals surface area contributed by atoms with Crippen molar-refractivity contribution in [3.8, 4) is 17.2 Å². The van der Waals surface area contributed by atoms with Gasteiger partial charge in [0.2, 0.25) is 0 Å². The highest BCUT2D eigenvalue weighted by Crippen LogP contribution is 2.29. The average Bonchev–Trinajstić information content (AvgIpc) is 2.92. The summed E-state index contributed by atoms with van der Waals surface area (Å²) in [6.45, 7) is 4.34. The van der Waals surface area contributed by atoms with E-state index in [-0.39, 0.29) is 10.7 Å². The lowest BCUT2D eigenvalue weighted by atomic mass is 10.0. The minimum Gasteiger partial charge on any atom is -0.488 e. The Kier molecular flexibility index (Phi) is 7.52. The van der Waals surface area contributed by atoms with Crippen LogP contribution in [0.1, 0.15) is 22.3 Å². The van der Waals surface area contributed by atoms with Crippen molar-refractivity contribution in [1.82, 2.24) is 5.32 Å². The van der Waals surface area contributed by atoms with Gasteiger partial charge in [-0.05, 0) is 103 Å². The van der Waals surface area contributed by atoms with Crippen LogP contribution in [-0.4, -0.2) is 16.9 Å². The number of nitrogens with zero attached hydrogens (tertiary/aromatic N) is 1. The zero-order valence-electron chi connectivity index (χ0n) is 21.5. The number of carbonyl (C=O) groups excluding carboxylic acids is 2. The lowest BCUT2D eigenvalue weighted by Crippen LogP contribution is -2.54. The predicted octanol–water partition coefficient (Wildman–Crippen LogP) is 6.51. The summed E-state index contributed by atoms with van der Waals surface area (Å²) in [5.41, 5.74) is 4.11. The second-order valence-corrected chi connectivity index (χ2v) is 9.51. The first kappa shape index (κ1) is 25.9. The molecular weight excluding hydrogens is 508 g/mol. The van der Waals surface area contributed by atoms with Gasteiger partial charge in [0.1, 0.15) is 29.4 Å². The van der Waals surface area contributed by atoms with Gasteiger partial charge < -0.3 is 9.47 Å². The normalized spacial score (nSPS) is 14.4. The predicted molar refractivity (Wildman–Crippen MR) is 156 cm³/mol. The molecule has 1 aliphatic rings. The first-order chi connectivity index (χ1) is 18.9. The molecule has 1 aliphatic heterocycles. The fourth-order valence-corrected chi connectivity index (χ4v) is 4.65. The van der Waals surface area contributed by atoms with E-state index >= 15 is 0 Å². The number of thiocarbonyl (C=S) groups is 1. The number of aryl methyl sites for hydroxylation is 2. The summed E-state index contributed by atoms with van der Waals surface area (Å²) in [5, 5.41) is 2.66. The van der Waals surface area contributed by atoms with E-state index in [0.29, 0.717) is 23.8 Å². The molecule has 0 radical (unpaired) electrons. The highest BCUT2D eigenvalue weighted by Gasteiger charge is 2.34. The highest BCUT2D eigenvalue weighted by molar-refractivity contribution is 7.80. The highest BCUT2D eigenvalue weighted by atomic mass is 32.1. The van der Waals surface area contributed by atoms with Crippen molar-refractivity contribution in [3.63, 3.8) is 0 Å². The van der Waals surface area contributed by atoms with Crippen LogP contribution < -0.4 is 19.7 Å². The second-order valence-electron chi connectivity index (χ2n) is 9.12. The van der Waals surface area contributed by atoms with E-state index in [4.69, 9.17) is 21.7 Å². The van der Waals surface area contributed by atoms with Crippen molar-refractivity contribution < 1.29 is 19.1 Å². The Hall–Kier alpha value is -4.75. The molecule has 0 spiro atoms. The van der Waals surface area contributed by atoms with Crippen molar-refractivity contribution in [2.45, 2.75) is 20.5 Å². The molecule has 1 heterocycles. The standard InChI is InChI=1S/C32H26N2O4S/c1-21-17-24(18-22(2)29(21)37-20-23-9-5-3-6-10-23)19-28-30(35)33-32(39)34(31(28)36)25-13-15-27(16-14-25)38-26-11-7-4-8-12-26/h3-19H,20H2,1-2H3,(H,33,35,39). The largest absolute Gasteiger partial charge is 0.488 e. The molecule has 7 heteroatoms. The third-order valence-electron chi connectivity index (χ3n) is 6.20. The van der Waals surface area contributed by atoms with Gasteiger partial charge in [-0.25, -0.2) is 0 Å². The first-order valence-electron chi connectivity index (χ1n) is 12.4. The van der Waals surface area contributed by atoms with E-state index in [2.05, 4.69) is 5.32 Å². The van der Waals surface area contributed by atoms with Gasteiger partial charge in [0.15, 0.2) is 5.11 Å². The van der Waals surface area contributed by atoms with Crippen molar-refractivity contribution in [2.75, 3.05) is 4.90 Å². The molecule has 194 valence electrons. The molecule has 39 heavy (non-hydrogen) atoms. The van der Waals surface area contributed by atoms with E-state index in [1.807, 2.05) is 86.6 Å². The van der Waals surface area contributed by atoms with Gasteiger partial charge >= 0.3 is 0 Å². The van der Waals surface area contributed by atoms with Crippen molar-refractivity contribution in [3.05, 3.63) is 125 Å². The minimum atomic E-state index is -0.537. The molecule has 2 amide bonds. The molecule has 4 aromatic carbocycles. The molecule has 1 saturated heterocycles. The quantitative estimate of drug-likeness (QED) is 0.166. The van der Waals surface area contributed by atoms with Crippen LogP contribution in [-0.2, 0) is 16.2 Å². The van der Waals surface area contributed by atoms with Crippen molar-refractivity contribution >= 4 is 40.9 Å². The van der Waals surface area contributed by atoms with Gasteiger partial charge in [-0.2, -0.15) is 0 Å². The summed E-state index contributed by atoms with van der Waals surface area (Å²) in [7, 11) is 0. The minimum absolute atomic E-state index is 0.00929. The molecule has 4 aromatic rings. The molecule has 1 fully saturated rings. The van der Waals surface area contributed by atoms with E-state index < -0.39 is 11.8 Å². The molecular formula is C32H26N2O4S. The molecule has 0 aromatic heterocycles. The van der Waals surface area contributed by atoms with Gasteiger partial charge in [0.05, 0.1) is 5.69 Å². The number of rotatable bonds is 7. The summed E-state index contributed by atoms with van der Waals surface area (Å²) in [4.78, 5) is 27.6. The maximum absolute atomic E-state index is 13.5. The third kappa shape index (κ3) is 5.89. The Labute approximate surface area is 232 Å². The number of benzene rings is 4. The number of anilines is 1. The number of carbonyl (C=O) groups is 2. The molecule has 0 unspecified atom stereocenters. The number of nitrogens with one attached hydrogen (secondary N) is 1. The molecule has 0 bridgehead atoms. The third-order valence-corrected chi connectivity index (χ3v) is 6.48. The average molecular weight is 535 g/mol. The lowest BCUT2D eigenvalue weighted by Gasteiger charge is -2.29. The van der Waals surface area contributed by atoms with E-state index in [0.717, 1.165) is 28.0 Å². The summed E-state index contributed by atoms with van der Waals surface area (Å²) in [6, 6.07) is 30.1. The number of hydrogen-bond donors (Lipinski definition) is 1. The zero-order valence-corrected chi connectivity index (χ0v) is 22.3. The summed E-state index contributed by atoms with van der Waals surface area (Å²) in [5.74, 6) is 1.06. The molecule has 0 saturated carbocycles. The van der Waals surface area contributed by atoms with Crippen LogP contribution in [0.4, 0.5) is 5.69 Å². The number of ether oxygens (including phenoxy) is 2. The van der Waals surface area contributed by atoms with Crippen LogP contribution >= 0.6 is 12.2 Å². The summed E-state index contributed by atoms with van der Waals surface area (Å²) in [6.07, 6.45) is 1.58. The van der Waals surface area contributed by atoms with Crippen LogP contribution in [0.15, 0.2) is 103 Å². The van der Waals surface area contributed by atoms with E-state index in [1.165, 1.54) is 4.90 Å². The van der Waals surface area contributed by atoms with Crippen LogP contribution in [0.2, 0.25) is 0 Å². The van der Waals surface area contributed by atoms with Crippen LogP contribution in [0.25, 0.3) is 6.08 Å². The van der Waals surface area contributed by atoms with Crippen molar-refractivity contribution in [1.29, 1.82) is 0 Å². The zero-order chi connectivity index (χ0) is 27.4. The maximum Gasteiger partial charge on any atom is 0.270 e.